The number of carbonyl (C=O) groups excluding carboxylic acids is 2. The summed E-state index contributed by atoms with van der Waals surface area (Å²) in [4.78, 5) is 23.7. The molecule has 29 heavy (non-hydrogen) atoms. The third kappa shape index (κ3) is 4.70. The zero-order chi connectivity index (χ0) is 20.8. The standard InChI is InChI=1S/C22H22N4O3/c1-3-20-19(22(23)28)14-24-26(20)17-9-7-16(8-10-17)25-21(27)13-6-15-4-11-18(29-2)12-5-15/h4-14H,3H2,1-2H3,(H2,23,28)(H,25,27). The van der Waals surface area contributed by atoms with Crippen molar-refractivity contribution in [2.45, 2.75) is 13.3 Å². The maximum absolute atomic E-state index is 12.2. The van der Waals surface area contributed by atoms with Crippen molar-refractivity contribution >= 4 is 23.6 Å². The van der Waals surface area contributed by atoms with Crippen LogP contribution < -0.4 is 15.8 Å². The molecule has 0 radical (unpaired) electrons. The number of aromatic nitrogens is 2. The first-order chi connectivity index (χ1) is 14.0. The zero-order valence-corrected chi connectivity index (χ0v) is 16.3. The van der Waals surface area contributed by atoms with Crippen LogP contribution in [0.25, 0.3) is 11.8 Å². The van der Waals surface area contributed by atoms with Crippen molar-refractivity contribution in [1.29, 1.82) is 0 Å². The lowest BCUT2D eigenvalue weighted by Crippen LogP contribution is -2.13. The fourth-order valence-corrected chi connectivity index (χ4v) is 2.90. The van der Waals surface area contributed by atoms with Crippen LogP contribution in [0.1, 0.15) is 28.5 Å². The van der Waals surface area contributed by atoms with Gasteiger partial charge in [0.2, 0.25) is 5.91 Å². The van der Waals surface area contributed by atoms with Crippen molar-refractivity contribution in [1.82, 2.24) is 9.78 Å². The van der Waals surface area contributed by atoms with E-state index in [-0.39, 0.29) is 5.91 Å². The number of nitrogens with zero attached hydrogens (tertiary/aromatic N) is 2. The number of hydrogen-bond acceptors (Lipinski definition) is 4. The molecule has 7 nitrogen and oxygen atoms in total. The fourth-order valence-electron chi connectivity index (χ4n) is 2.90. The minimum Gasteiger partial charge on any atom is -0.497 e. The van der Waals surface area contributed by atoms with Gasteiger partial charge in [-0.3, -0.25) is 9.59 Å². The third-order valence-electron chi connectivity index (χ3n) is 4.39. The number of ether oxygens (including phenoxy) is 1. The predicted octanol–water partition coefficient (Wildman–Crippen LogP) is 3.19. The lowest BCUT2D eigenvalue weighted by molar-refractivity contribution is -0.111. The number of hydrogen-bond donors (Lipinski definition) is 2. The van der Waals surface area contributed by atoms with Crippen molar-refractivity contribution in [3.05, 3.63) is 77.6 Å². The number of nitrogens with one attached hydrogen (secondary N) is 1. The molecule has 3 N–H and O–H groups in total. The Balaban J connectivity index is 1.68. The second-order valence-electron chi connectivity index (χ2n) is 6.28. The van der Waals surface area contributed by atoms with Crippen LogP contribution >= 0.6 is 0 Å². The molecule has 1 aromatic heterocycles. The summed E-state index contributed by atoms with van der Waals surface area (Å²) in [5.41, 5.74) is 8.88. The zero-order valence-electron chi connectivity index (χ0n) is 16.3. The van der Waals surface area contributed by atoms with Crippen LogP contribution in [-0.2, 0) is 11.2 Å². The summed E-state index contributed by atoms with van der Waals surface area (Å²) in [7, 11) is 1.61. The molecule has 0 bridgehead atoms. The quantitative estimate of drug-likeness (QED) is 0.605. The fraction of sp³-hybridized carbons (Fsp3) is 0.136. The van der Waals surface area contributed by atoms with E-state index in [1.165, 1.54) is 12.3 Å². The summed E-state index contributed by atoms with van der Waals surface area (Å²) in [6, 6.07) is 14.6. The normalized spacial score (nSPS) is 10.8. The first-order valence-electron chi connectivity index (χ1n) is 9.12. The molecule has 7 heteroatoms. The molecule has 0 aliphatic carbocycles. The van der Waals surface area contributed by atoms with Gasteiger partial charge in [0.1, 0.15) is 5.75 Å². The molecular formula is C22H22N4O3. The molecule has 0 spiro atoms. The number of nitrogens with two attached hydrogens (primary N) is 1. The Bertz CT molecular complexity index is 1030. The SMILES string of the molecule is CCc1c(C(N)=O)cnn1-c1ccc(NC(=O)C=Cc2ccc(OC)cc2)cc1. The van der Waals surface area contributed by atoms with Gasteiger partial charge in [0.25, 0.3) is 5.91 Å². The molecule has 0 fully saturated rings. The molecule has 2 amide bonds. The average Bonchev–Trinajstić information content (AvgIpc) is 3.17. The summed E-state index contributed by atoms with van der Waals surface area (Å²) in [6.45, 7) is 1.93. The number of primary amides is 1. The molecule has 0 atom stereocenters. The van der Waals surface area contributed by atoms with Gasteiger partial charge in [-0.1, -0.05) is 19.1 Å². The van der Waals surface area contributed by atoms with Crippen molar-refractivity contribution in [2.75, 3.05) is 12.4 Å². The highest BCUT2D eigenvalue weighted by molar-refractivity contribution is 6.02. The smallest absolute Gasteiger partial charge is 0.252 e. The van der Waals surface area contributed by atoms with Crippen LogP contribution in [0, 0.1) is 0 Å². The Kier molecular flexibility index (Phi) is 6.09. The molecule has 3 aromatic rings. The molecule has 0 aliphatic heterocycles. The first kappa shape index (κ1) is 19.9. The Morgan fingerprint density at radius 3 is 2.41 bits per heavy atom. The van der Waals surface area contributed by atoms with E-state index < -0.39 is 5.91 Å². The molecule has 0 saturated carbocycles. The van der Waals surface area contributed by atoms with E-state index in [2.05, 4.69) is 10.4 Å². The Morgan fingerprint density at radius 2 is 1.83 bits per heavy atom. The minimum atomic E-state index is -0.499. The Morgan fingerprint density at radius 1 is 1.14 bits per heavy atom. The highest BCUT2D eigenvalue weighted by Crippen LogP contribution is 2.18. The van der Waals surface area contributed by atoms with Gasteiger partial charge in [-0.25, -0.2) is 4.68 Å². The molecule has 0 aliphatic rings. The molecular weight excluding hydrogens is 368 g/mol. The van der Waals surface area contributed by atoms with Crippen molar-refractivity contribution in [2.24, 2.45) is 5.73 Å². The third-order valence-corrected chi connectivity index (χ3v) is 4.39. The monoisotopic (exact) mass is 390 g/mol. The second-order valence-corrected chi connectivity index (χ2v) is 6.28. The Labute approximate surface area is 168 Å². The van der Waals surface area contributed by atoms with Crippen molar-refractivity contribution in [3.63, 3.8) is 0 Å². The molecule has 3 rings (SSSR count). The van der Waals surface area contributed by atoms with E-state index in [4.69, 9.17) is 10.5 Å². The lowest BCUT2D eigenvalue weighted by atomic mass is 10.2. The number of methoxy groups -OCH3 is 1. The van der Waals surface area contributed by atoms with E-state index in [1.54, 1.807) is 30.0 Å². The van der Waals surface area contributed by atoms with Gasteiger partial charge in [0.15, 0.2) is 0 Å². The van der Waals surface area contributed by atoms with Crippen LogP contribution in [0.2, 0.25) is 0 Å². The van der Waals surface area contributed by atoms with Gasteiger partial charge in [-0.2, -0.15) is 5.10 Å². The van der Waals surface area contributed by atoms with Gasteiger partial charge >= 0.3 is 0 Å². The van der Waals surface area contributed by atoms with E-state index in [9.17, 15) is 9.59 Å². The van der Waals surface area contributed by atoms with E-state index in [0.29, 0.717) is 17.7 Å². The Hall–Kier alpha value is -3.87. The van der Waals surface area contributed by atoms with Gasteiger partial charge in [0, 0.05) is 11.8 Å². The summed E-state index contributed by atoms with van der Waals surface area (Å²) in [5.74, 6) is 0.0246. The van der Waals surface area contributed by atoms with E-state index >= 15 is 0 Å². The molecule has 1 heterocycles. The lowest BCUT2D eigenvalue weighted by Gasteiger charge is -2.08. The van der Waals surface area contributed by atoms with Gasteiger partial charge in [-0.05, 0) is 54.5 Å². The number of benzene rings is 2. The number of anilines is 1. The first-order valence-corrected chi connectivity index (χ1v) is 9.12. The van der Waals surface area contributed by atoms with Crippen LogP contribution in [0.3, 0.4) is 0 Å². The maximum Gasteiger partial charge on any atom is 0.252 e. The highest BCUT2D eigenvalue weighted by atomic mass is 16.5. The molecule has 0 unspecified atom stereocenters. The minimum absolute atomic E-state index is 0.238. The van der Waals surface area contributed by atoms with Gasteiger partial charge < -0.3 is 15.8 Å². The number of amides is 2. The topological polar surface area (TPSA) is 99.2 Å². The summed E-state index contributed by atoms with van der Waals surface area (Å²) < 4.78 is 6.79. The van der Waals surface area contributed by atoms with Crippen molar-refractivity contribution < 1.29 is 14.3 Å². The predicted molar refractivity (Wildman–Crippen MR) is 112 cm³/mol. The van der Waals surface area contributed by atoms with Crippen LogP contribution in [0.5, 0.6) is 5.75 Å². The summed E-state index contributed by atoms with van der Waals surface area (Å²) >= 11 is 0. The largest absolute Gasteiger partial charge is 0.497 e. The maximum atomic E-state index is 12.2. The number of rotatable bonds is 7. The van der Waals surface area contributed by atoms with E-state index in [0.717, 1.165) is 22.7 Å². The van der Waals surface area contributed by atoms with Crippen molar-refractivity contribution in [3.8, 4) is 11.4 Å². The van der Waals surface area contributed by atoms with Crippen LogP contribution in [0.4, 0.5) is 5.69 Å². The van der Waals surface area contributed by atoms with E-state index in [1.807, 2.05) is 43.3 Å². The molecule has 2 aromatic carbocycles. The summed E-state index contributed by atoms with van der Waals surface area (Å²) in [6.07, 6.45) is 5.29. The van der Waals surface area contributed by atoms with Crippen LogP contribution in [-0.4, -0.2) is 28.7 Å². The average molecular weight is 390 g/mol. The molecule has 148 valence electrons. The number of carbonyl (C=O) groups is 2. The van der Waals surface area contributed by atoms with Gasteiger partial charge in [-0.15, -0.1) is 0 Å². The summed E-state index contributed by atoms with van der Waals surface area (Å²) in [5, 5.41) is 7.06. The highest BCUT2D eigenvalue weighted by Gasteiger charge is 2.14. The van der Waals surface area contributed by atoms with Crippen LogP contribution in [0.15, 0.2) is 60.8 Å². The van der Waals surface area contributed by atoms with Gasteiger partial charge in [0.05, 0.1) is 30.3 Å². The second kappa shape index (κ2) is 8.88. The molecule has 0 saturated heterocycles.